The smallest absolute Gasteiger partial charge is 0.266 e. The summed E-state index contributed by atoms with van der Waals surface area (Å²) in [5.74, 6) is 1.20. The summed E-state index contributed by atoms with van der Waals surface area (Å²) in [7, 11) is 0. The van der Waals surface area contributed by atoms with Gasteiger partial charge in [-0.25, -0.2) is 0 Å². The normalized spacial score (nSPS) is 17.9. The Morgan fingerprint density at radius 3 is 3.04 bits per heavy atom. The van der Waals surface area contributed by atoms with Gasteiger partial charge in [-0.2, -0.15) is 11.3 Å². The molecule has 1 aliphatic heterocycles. The summed E-state index contributed by atoms with van der Waals surface area (Å²) < 4.78 is 6.09. The maximum atomic E-state index is 6.09. The van der Waals surface area contributed by atoms with E-state index in [0.29, 0.717) is 11.8 Å². The summed E-state index contributed by atoms with van der Waals surface area (Å²) in [5, 5.41) is 15.2. The fourth-order valence-corrected chi connectivity index (χ4v) is 4.33. The molecule has 3 aromatic heterocycles. The van der Waals surface area contributed by atoms with Crippen molar-refractivity contribution in [2.75, 3.05) is 6.54 Å². The molecule has 0 radical (unpaired) electrons. The lowest BCUT2D eigenvalue weighted by Crippen LogP contribution is -2.22. The van der Waals surface area contributed by atoms with E-state index in [-0.39, 0.29) is 6.04 Å². The fourth-order valence-electron chi connectivity index (χ4n) is 3.67. The van der Waals surface area contributed by atoms with Crippen molar-refractivity contribution in [1.82, 2.24) is 20.1 Å². The first-order chi connectivity index (χ1) is 12.9. The molecule has 4 heterocycles. The number of likely N-dealkylation sites (tertiary alicyclic amines) is 1. The molecule has 0 saturated carbocycles. The minimum atomic E-state index is 0.186. The Balaban J connectivity index is 1.46. The molecule has 0 amide bonds. The molecule has 1 aromatic carbocycles. The Hall–Kier alpha value is -2.57. The zero-order chi connectivity index (χ0) is 17.3. The molecule has 5 rings (SSSR count). The van der Waals surface area contributed by atoms with Gasteiger partial charge in [0, 0.05) is 18.1 Å². The average molecular weight is 362 g/mol. The van der Waals surface area contributed by atoms with Crippen molar-refractivity contribution in [1.29, 1.82) is 0 Å². The molecule has 1 unspecified atom stereocenters. The van der Waals surface area contributed by atoms with Gasteiger partial charge in [0.2, 0.25) is 5.89 Å². The number of benzene rings is 1. The second-order valence-electron chi connectivity index (χ2n) is 6.59. The van der Waals surface area contributed by atoms with E-state index in [9.17, 15) is 0 Å². The van der Waals surface area contributed by atoms with Gasteiger partial charge in [0.15, 0.2) is 0 Å². The van der Waals surface area contributed by atoms with Gasteiger partial charge in [0.05, 0.1) is 6.04 Å². The Morgan fingerprint density at radius 1 is 1.15 bits per heavy atom. The predicted molar refractivity (Wildman–Crippen MR) is 102 cm³/mol. The van der Waals surface area contributed by atoms with Crippen molar-refractivity contribution in [3.63, 3.8) is 0 Å². The molecular weight excluding hydrogens is 344 g/mol. The summed E-state index contributed by atoms with van der Waals surface area (Å²) in [6.07, 6.45) is 3.99. The molecule has 0 aliphatic carbocycles. The van der Waals surface area contributed by atoms with E-state index in [1.54, 1.807) is 17.5 Å². The van der Waals surface area contributed by atoms with Gasteiger partial charge in [0.1, 0.15) is 5.69 Å². The van der Waals surface area contributed by atoms with Crippen LogP contribution in [0, 0.1) is 0 Å². The third-order valence-corrected chi connectivity index (χ3v) is 5.66. The molecule has 1 atom stereocenters. The van der Waals surface area contributed by atoms with E-state index in [0.717, 1.165) is 42.4 Å². The van der Waals surface area contributed by atoms with Crippen LogP contribution >= 0.6 is 11.3 Å². The predicted octanol–water partition coefficient (Wildman–Crippen LogP) is 4.68. The van der Waals surface area contributed by atoms with E-state index in [2.05, 4.69) is 43.0 Å². The highest BCUT2D eigenvalue weighted by Gasteiger charge is 2.31. The summed E-state index contributed by atoms with van der Waals surface area (Å²) in [6.45, 7) is 1.99. The molecule has 6 heteroatoms. The molecule has 26 heavy (non-hydrogen) atoms. The summed E-state index contributed by atoms with van der Waals surface area (Å²) in [5.41, 5.74) is 2.10. The number of hydrogen-bond acceptors (Lipinski definition) is 6. The largest absolute Gasteiger partial charge is 0.418 e. The van der Waals surface area contributed by atoms with E-state index < -0.39 is 0 Å². The number of aromatic nitrogens is 3. The van der Waals surface area contributed by atoms with E-state index in [4.69, 9.17) is 4.42 Å². The van der Waals surface area contributed by atoms with Crippen LogP contribution in [0.15, 0.2) is 57.8 Å². The molecule has 1 fully saturated rings. The number of rotatable bonds is 4. The maximum absolute atomic E-state index is 6.09. The second-order valence-corrected chi connectivity index (χ2v) is 7.37. The van der Waals surface area contributed by atoms with Crippen molar-refractivity contribution in [3.8, 4) is 11.6 Å². The van der Waals surface area contributed by atoms with Gasteiger partial charge < -0.3 is 4.42 Å². The van der Waals surface area contributed by atoms with Gasteiger partial charge in [-0.05, 0) is 53.2 Å². The molecule has 0 bridgehead atoms. The first-order valence-electron chi connectivity index (χ1n) is 8.81. The Bertz CT molecular complexity index is 1020. The number of thiophene rings is 1. The highest BCUT2D eigenvalue weighted by Crippen LogP contribution is 2.34. The Labute approximate surface area is 155 Å². The average Bonchev–Trinajstić information content (AvgIpc) is 3.43. The van der Waals surface area contributed by atoms with E-state index >= 15 is 0 Å². The van der Waals surface area contributed by atoms with Crippen LogP contribution in [0.4, 0.5) is 0 Å². The van der Waals surface area contributed by atoms with Crippen LogP contribution < -0.4 is 0 Å². The molecule has 5 nitrogen and oxygen atoms in total. The zero-order valence-electron chi connectivity index (χ0n) is 14.2. The second kappa shape index (κ2) is 6.63. The number of fused-ring (bicyclic) bond motifs is 1. The van der Waals surface area contributed by atoms with Gasteiger partial charge in [-0.3, -0.25) is 9.88 Å². The first-order valence-corrected chi connectivity index (χ1v) is 9.75. The van der Waals surface area contributed by atoms with E-state index in [1.807, 2.05) is 24.3 Å². The summed E-state index contributed by atoms with van der Waals surface area (Å²) in [6, 6.07) is 12.5. The molecular formula is C20H18N4OS. The molecule has 0 spiro atoms. The first kappa shape index (κ1) is 15.7. The van der Waals surface area contributed by atoms with Crippen molar-refractivity contribution in [3.05, 3.63) is 64.8 Å². The Morgan fingerprint density at radius 2 is 2.12 bits per heavy atom. The lowest BCUT2D eigenvalue weighted by atomic mass is 10.1. The van der Waals surface area contributed by atoms with Gasteiger partial charge in [-0.1, -0.05) is 24.3 Å². The van der Waals surface area contributed by atoms with Crippen LogP contribution in [0.25, 0.3) is 22.4 Å². The van der Waals surface area contributed by atoms with Crippen LogP contribution in [0.3, 0.4) is 0 Å². The molecule has 130 valence electrons. The summed E-state index contributed by atoms with van der Waals surface area (Å²) in [4.78, 5) is 6.91. The van der Waals surface area contributed by atoms with Crippen molar-refractivity contribution < 1.29 is 4.42 Å². The minimum Gasteiger partial charge on any atom is -0.418 e. The maximum Gasteiger partial charge on any atom is 0.266 e. The number of hydrogen-bond donors (Lipinski definition) is 0. The van der Waals surface area contributed by atoms with Crippen molar-refractivity contribution in [2.45, 2.75) is 25.4 Å². The monoisotopic (exact) mass is 362 g/mol. The quantitative estimate of drug-likeness (QED) is 0.527. The van der Waals surface area contributed by atoms with Crippen LogP contribution in [-0.4, -0.2) is 26.6 Å². The third kappa shape index (κ3) is 2.81. The SMILES string of the molecule is c1ccc2c(-c3nnc(C4CCCN4Cc4ccsc4)o3)nccc2c1. The molecule has 1 saturated heterocycles. The topological polar surface area (TPSA) is 55.1 Å². The number of pyridine rings is 1. The molecule has 4 aromatic rings. The highest BCUT2D eigenvalue weighted by molar-refractivity contribution is 7.07. The minimum absolute atomic E-state index is 0.186. The van der Waals surface area contributed by atoms with Crippen LogP contribution in [0.5, 0.6) is 0 Å². The van der Waals surface area contributed by atoms with Gasteiger partial charge >= 0.3 is 0 Å². The van der Waals surface area contributed by atoms with E-state index in [1.165, 1.54) is 5.56 Å². The van der Waals surface area contributed by atoms with Gasteiger partial charge in [-0.15, -0.1) is 10.2 Å². The Kier molecular flexibility index (Phi) is 3.99. The fraction of sp³-hybridized carbons (Fsp3) is 0.250. The van der Waals surface area contributed by atoms with Crippen molar-refractivity contribution in [2.24, 2.45) is 0 Å². The number of nitrogens with zero attached hydrogens (tertiary/aromatic N) is 4. The highest BCUT2D eigenvalue weighted by atomic mass is 32.1. The van der Waals surface area contributed by atoms with Crippen LogP contribution in [0.2, 0.25) is 0 Å². The van der Waals surface area contributed by atoms with Crippen molar-refractivity contribution >= 4 is 22.1 Å². The summed E-state index contributed by atoms with van der Waals surface area (Å²) >= 11 is 1.74. The zero-order valence-corrected chi connectivity index (χ0v) is 15.0. The molecule has 1 aliphatic rings. The lowest BCUT2D eigenvalue weighted by Gasteiger charge is -2.20. The van der Waals surface area contributed by atoms with Crippen LogP contribution in [-0.2, 0) is 6.54 Å². The lowest BCUT2D eigenvalue weighted by molar-refractivity contribution is 0.216. The standard InChI is InChI=1S/C20H18N4OS/c1-2-5-16-15(4-1)7-9-21-18(16)20-23-22-19(25-20)17-6-3-10-24(17)12-14-8-11-26-13-14/h1-2,4-5,7-9,11,13,17H,3,6,10,12H2. The van der Waals surface area contributed by atoms with Gasteiger partial charge in [0.25, 0.3) is 5.89 Å². The third-order valence-electron chi connectivity index (χ3n) is 4.93. The molecule has 0 N–H and O–H groups in total. The van der Waals surface area contributed by atoms with Crippen LogP contribution in [0.1, 0.15) is 30.3 Å².